The van der Waals surface area contributed by atoms with Gasteiger partial charge in [0.15, 0.2) is 11.5 Å². The minimum Gasteiger partial charge on any atom is -0.454 e. The maximum absolute atomic E-state index is 13.9. The molecule has 0 radical (unpaired) electrons. The molecule has 0 aliphatic carbocycles. The quantitative estimate of drug-likeness (QED) is 0.678. The van der Waals surface area contributed by atoms with Crippen molar-refractivity contribution in [2.75, 3.05) is 20.3 Å². The Hall–Kier alpha value is -3.48. The Balaban J connectivity index is 1.77. The summed E-state index contributed by atoms with van der Waals surface area (Å²) >= 11 is 0. The number of amides is 2. The van der Waals surface area contributed by atoms with Crippen molar-refractivity contribution in [3.63, 3.8) is 0 Å². The zero-order valence-corrected chi connectivity index (χ0v) is 14.5. The fourth-order valence-corrected chi connectivity index (χ4v) is 3.78. The van der Waals surface area contributed by atoms with E-state index in [2.05, 4.69) is 4.98 Å². The van der Waals surface area contributed by atoms with Crippen molar-refractivity contribution in [3.8, 4) is 11.5 Å². The number of aromatic nitrogens is 1. The average molecular weight is 401 g/mol. The predicted molar refractivity (Wildman–Crippen MR) is 105 cm³/mol. The monoisotopic (exact) mass is 401 g/mol. The standard InChI is InChI=1S/C22H19N3O4/c1-24-10-19(26)25-16(22(24)27)9-14-13-4-2-3-5-15(13)23-20(14)21(25)12-6-7-17-18(8-12)29-11-28-17/h2-8,16,21,23H,9-11H2,1H3/t16-,21?/m1/s1/i1D3,2D,3D,4D,5D,9D2,10D2,16D. The van der Waals surface area contributed by atoms with Crippen LogP contribution in [-0.2, 0) is 16.0 Å². The number of ether oxygens (including phenoxy) is 2. The molecule has 146 valence electrons. The lowest BCUT2D eigenvalue weighted by molar-refractivity contribution is -0.157. The van der Waals surface area contributed by atoms with Gasteiger partial charge in [-0.3, -0.25) is 9.59 Å². The van der Waals surface area contributed by atoms with Gasteiger partial charge < -0.3 is 24.3 Å². The number of hydrogen-bond acceptors (Lipinski definition) is 4. The van der Waals surface area contributed by atoms with Gasteiger partial charge in [0.05, 0.1) is 22.1 Å². The SMILES string of the molecule is [2H]c1c([2H])c([2H])c2c3c([nH]c2c1[2H])C(c1ccc2c(c1)OCO2)N1C(=O)C([2H])([2H])N(C([2H])([2H])[2H])C(=O)[C@@]1([2H])C3([2H])[2H]. The number of rotatable bonds is 1. The van der Waals surface area contributed by atoms with Gasteiger partial charge in [0.2, 0.25) is 18.6 Å². The van der Waals surface area contributed by atoms with Crippen molar-refractivity contribution in [1.29, 1.82) is 0 Å². The molecule has 6 rings (SSSR count). The number of nitrogens with one attached hydrogen (secondary N) is 1. The van der Waals surface area contributed by atoms with Crippen molar-refractivity contribution in [1.82, 2.24) is 14.8 Å². The number of fused-ring (bicyclic) bond motifs is 5. The first-order valence-electron chi connectivity index (χ1n) is 14.6. The Morgan fingerprint density at radius 2 is 2.14 bits per heavy atom. The van der Waals surface area contributed by atoms with Gasteiger partial charge in [-0.25, -0.2) is 0 Å². The fraction of sp³-hybridized carbons (Fsp3) is 0.273. The lowest BCUT2D eigenvalue weighted by atomic mass is 9.86. The molecule has 3 aliphatic heterocycles. The maximum Gasteiger partial charge on any atom is 0.245 e. The predicted octanol–water partition coefficient (Wildman–Crippen LogP) is 2.21. The highest BCUT2D eigenvalue weighted by Crippen LogP contribution is 2.44. The number of nitrogens with zero attached hydrogens (tertiary/aromatic N) is 2. The van der Waals surface area contributed by atoms with Gasteiger partial charge in [-0.2, -0.15) is 0 Å². The summed E-state index contributed by atoms with van der Waals surface area (Å²) in [7, 11) is 0. The summed E-state index contributed by atoms with van der Waals surface area (Å²) < 4.78 is 111. The van der Waals surface area contributed by atoms with Crippen LogP contribution in [0.3, 0.4) is 0 Å². The number of H-pyrrole nitrogens is 1. The molecule has 3 aromatic rings. The van der Waals surface area contributed by atoms with Crippen LogP contribution in [0.2, 0.25) is 0 Å². The number of benzene rings is 2. The molecule has 1 N–H and O–H groups in total. The summed E-state index contributed by atoms with van der Waals surface area (Å²) in [6.45, 7) is -7.28. The van der Waals surface area contributed by atoms with Crippen LogP contribution in [0.5, 0.6) is 11.5 Å². The van der Waals surface area contributed by atoms with Crippen LogP contribution in [-0.4, -0.2) is 52.9 Å². The second kappa shape index (κ2) is 5.76. The molecule has 1 aromatic heterocycles. The van der Waals surface area contributed by atoms with Crippen molar-refractivity contribution in [3.05, 3.63) is 59.2 Å². The number of para-hydroxylation sites is 1. The molecule has 2 amide bonds. The first kappa shape index (κ1) is 8.49. The molecule has 1 fully saturated rings. The Morgan fingerprint density at radius 3 is 3.03 bits per heavy atom. The van der Waals surface area contributed by atoms with Crippen LogP contribution in [0.1, 0.15) is 39.3 Å². The molecule has 1 saturated heterocycles. The van der Waals surface area contributed by atoms with Crippen LogP contribution in [0.25, 0.3) is 10.9 Å². The van der Waals surface area contributed by atoms with E-state index in [1.54, 1.807) is 0 Å². The van der Waals surface area contributed by atoms with E-state index >= 15 is 0 Å². The fourth-order valence-electron chi connectivity index (χ4n) is 3.78. The first-order valence-corrected chi connectivity index (χ1v) is 8.59. The van der Waals surface area contributed by atoms with Gasteiger partial charge in [-0.1, -0.05) is 24.2 Å². The van der Waals surface area contributed by atoms with E-state index < -0.39 is 83.7 Å². The second-order valence-corrected chi connectivity index (χ2v) is 6.58. The van der Waals surface area contributed by atoms with Crippen LogP contribution in [0.4, 0.5) is 0 Å². The Morgan fingerprint density at radius 1 is 1.28 bits per heavy atom. The molecule has 0 bridgehead atoms. The van der Waals surface area contributed by atoms with Crippen molar-refractivity contribution in [2.24, 2.45) is 0 Å². The first-order chi connectivity index (χ1) is 18.9. The van der Waals surface area contributed by atoms with E-state index in [1.807, 2.05) is 0 Å². The molecule has 29 heavy (non-hydrogen) atoms. The minimum absolute atomic E-state index is 0.0729. The Labute approximate surface area is 183 Å². The smallest absolute Gasteiger partial charge is 0.245 e. The summed E-state index contributed by atoms with van der Waals surface area (Å²) in [5, 5.41) is -0.401. The van der Waals surface area contributed by atoms with Crippen molar-refractivity contribution >= 4 is 22.7 Å². The zero-order valence-electron chi connectivity index (χ0n) is 26.5. The van der Waals surface area contributed by atoms with Crippen LogP contribution in [0.15, 0.2) is 42.4 Å². The van der Waals surface area contributed by atoms with E-state index in [1.165, 1.54) is 18.2 Å². The number of hydrogen-bond donors (Lipinski definition) is 1. The molecular formula is C22H19N3O4. The molecule has 2 atom stereocenters. The van der Waals surface area contributed by atoms with Crippen LogP contribution >= 0.6 is 0 Å². The number of piperazine rings is 1. The molecule has 2 aromatic carbocycles. The highest BCUT2D eigenvalue weighted by molar-refractivity contribution is 5.97. The normalized spacial score (nSPS) is 35.2. The minimum atomic E-state index is -3.59. The van der Waals surface area contributed by atoms with Gasteiger partial charge in [-0.05, 0) is 29.3 Å². The summed E-state index contributed by atoms with van der Waals surface area (Å²) in [4.78, 5) is 30.5. The highest BCUT2D eigenvalue weighted by Gasteiger charge is 2.47. The molecule has 1 unspecified atom stereocenters. The summed E-state index contributed by atoms with van der Waals surface area (Å²) in [6, 6.07) is -3.58. The van der Waals surface area contributed by atoms with E-state index in [0.717, 1.165) is 0 Å². The van der Waals surface area contributed by atoms with E-state index in [0.29, 0.717) is 10.6 Å². The molecule has 0 saturated carbocycles. The van der Waals surface area contributed by atoms with Gasteiger partial charge in [0, 0.05) is 36.8 Å². The molecule has 3 aliphatic rings. The highest BCUT2D eigenvalue weighted by atomic mass is 16.7. The lowest BCUT2D eigenvalue weighted by Crippen LogP contribution is -2.62. The average Bonchev–Trinajstić information content (AvgIpc) is 3.51. The summed E-state index contributed by atoms with van der Waals surface area (Å²) in [5.41, 5.74) is -1.03. The van der Waals surface area contributed by atoms with Gasteiger partial charge >= 0.3 is 0 Å². The topological polar surface area (TPSA) is 74.9 Å². The number of carbonyl (C=O) groups excluding carboxylic acids is 2. The van der Waals surface area contributed by atoms with E-state index in [-0.39, 0.29) is 29.3 Å². The second-order valence-electron chi connectivity index (χ2n) is 6.58. The van der Waals surface area contributed by atoms with Gasteiger partial charge in [0.25, 0.3) is 0 Å². The largest absolute Gasteiger partial charge is 0.454 e. The number of aromatic amines is 1. The lowest BCUT2D eigenvalue weighted by Gasteiger charge is -2.46. The summed E-state index contributed by atoms with van der Waals surface area (Å²) in [5.74, 6) is -3.09. The van der Waals surface area contributed by atoms with E-state index in [4.69, 9.17) is 24.6 Å². The van der Waals surface area contributed by atoms with Gasteiger partial charge in [0.1, 0.15) is 6.02 Å². The third-order valence-corrected chi connectivity index (χ3v) is 5.03. The zero-order chi connectivity index (χ0) is 30.2. The number of carbonyl (C=O) groups is 2. The van der Waals surface area contributed by atoms with Crippen LogP contribution in [0, 0.1) is 0 Å². The maximum atomic E-state index is 13.9. The number of likely N-dealkylation sites (N-methyl/N-ethyl adjacent to an activating group) is 1. The Kier molecular flexibility index (Phi) is 1.69. The Bertz CT molecular complexity index is 1700. The molecule has 7 heteroatoms. The van der Waals surface area contributed by atoms with Crippen molar-refractivity contribution < 1.29 is 35.5 Å². The third kappa shape index (κ3) is 2.24. The van der Waals surface area contributed by atoms with E-state index in [9.17, 15) is 11.0 Å². The molecule has 4 heterocycles. The molecule has 0 spiro atoms. The third-order valence-electron chi connectivity index (χ3n) is 5.03. The van der Waals surface area contributed by atoms with Gasteiger partial charge in [-0.15, -0.1) is 0 Å². The van der Waals surface area contributed by atoms with Crippen molar-refractivity contribution in [2.45, 2.75) is 18.4 Å². The molecule has 7 nitrogen and oxygen atoms in total. The molecular weight excluding hydrogens is 370 g/mol. The van der Waals surface area contributed by atoms with Crippen LogP contribution < -0.4 is 9.47 Å². The summed E-state index contributed by atoms with van der Waals surface area (Å²) in [6.07, 6.45) is -3.32.